The van der Waals surface area contributed by atoms with Crippen LogP contribution >= 0.6 is 0 Å². The Morgan fingerprint density at radius 1 is 1.12 bits per heavy atom. The molecule has 1 saturated carbocycles. The SMILES string of the molecule is O=C1CC2(CC3CC(C2)C(=O)OC3=O)C(O)O1. The fourth-order valence-corrected chi connectivity index (χ4v) is 3.21. The lowest BCUT2D eigenvalue weighted by Gasteiger charge is -2.42. The largest absolute Gasteiger partial charge is 0.435 e. The number of ether oxygens (including phenoxy) is 2. The minimum atomic E-state index is -1.21. The summed E-state index contributed by atoms with van der Waals surface area (Å²) in [5.74, 6) is -2.38. The molecule has 1 aliphatic carbocycles. The zero-order chi connectivity index (χ0) is 12.2. The van der Waals surface area contributed by atoms with Crippen LogP contribution in [0.2, 0.25) is 0 Å². The number of aliphatic hydroxyl groups is 1. The van der Waals surface area contributed by atoms with Gasteiger partial charge in [-0.05, 0) is 19.3 Å². The summed E-state index contributed by atoms with van der Waals surface area (Å²) in [6.07, 6.45) is 0.0200. The number of esters is 3. The predicted octanol–water partition coefficient (Wildman–Crippen LogP) is -0.262. The lowest BCUT2D eigenvalue weighted by Crippen LogP contribution is -2.48. The molecule has 3 aliphatic rings. The van der Waals surface area contributed by atoms with Crippen LogP contribution in [-0.4, -0.2) is 29.3 Å². The van der Waals surface area contributed by atoms with Crippen molar-refractivity contribution in [2.45, 2.75) is 32.0 Å². The average Bonchev–Trinajstić information content (AvgIpc) is 2.51. The average molecular weight is 240 g/mol. The van der Waals surface area contributed by atoms with Crippen LogP contribution in [0, 0.1) is 17.3 Å². The van der Waals surface area contributed by atoms with Gasteiger partial charge in [-0.15, -0.1) is 0 Å². The second-order valence-corrected chi connectivity index (χ2v) is 5.16. The summed E-state index contributed by atoms with van der Waals surface area (Å²) >= 11 is 0. The van der Waals surface area contributed by atoms with E-state index in [4.69, 9.17) is 4.74 Å². The summed E-state index contributed by atoms with van der Waals surface area (Å²) in [7, 11) is 0. The molecule has 17 heavy (non-hydrogen) atoms. The third-order valence-corrected chi connectivity index (χ3v) is 4.01. The van der Waals surface area contributed by atoms with Crippen molar-refractivity contribution in [3.63, 3.8) is 0 Å². The molecule has 0 radical (unpaired) electrons. The summed E-state index contributed by atoms with van der Waals surface area (Å²) in [5, 5.41) is 9.80. The van der Waals surface area contributed by atoms with Crippen LogP contribution in [-0.2, 0) is 23.9 Å². The fraction of sp³-hybridized carbons (Fsp3) is 0.727. The number of carbonyl (C=O) groups excluding carboxylic acids is 3. The summed E-state index contributed by atoms with van der Waals surface area (Å²) in [6.45, 7) is 0. The maximum atomic E-state index is 11.5. The van der Waals surface area contributed by atoms with Gasteiger partial charge in [0.2, 0.25) is 6.29 Å². The van der Waals surface area contributed by atoms with Gasteiger partial charge in [-0.1, -0.05) is 0 Å². The molecule has 1 spiro atoms. The number of cyclic esters (lactones) is 3. The van der Waals surface area contributed by atoms with Crippen molar-refractivity contribution in [3.05, 3.63) is 0 Å². The Labute approximate surface area is 96.9 Å². The van der Waals surface area contributed by atoms with Crippen LogP contribution in [0.3, 0.4) is 0 Å². The van der Waals surface area contributed by atoms with E-state index in [0.29, 0.717) is 19.3 Å². The molecule has 3 atom stereocenters. The van der Waals surface area contributed by atoms with Gasteiger partial charge in [-0.2, -0.15) is 0 Å². The number of carbonyl (C=O) groups is 3. The summed E-state index contributed by atoms with van der Waals surface area (Å²) in [4.78, 5) is 34.2. The molecule has 2 heterocycles. The topological polar surface area (TPSA) is 89.9 Å². The maximum Gasteiger partial charge on any atom is 0.316 e. The lowest BCUT2D eigenvalue weighted by molar-refractivity contribution is -0.188. The van der Waals surface area contributed by atoms with E-state index in [-0.39, 0.29) is 6.42 Å². The van der Waals surface area contributed by atoms with Crippen LogP contribution in [0.4, 0.5) is 0 Å². The van der Waals surface area contributed by atoms with Crippen LogP contribution < -0.4 is 0 Å². The zero-order valence-corrected chi connectivity index (χ0v) is 9.05. The highest BCUT2D eigenvalue weighted by molar-refractivity contribution is 5.91. The molecule has 0 aromatic heterocycles. The zero-order valence-electron chi connectivity index (χ0n) is 9.05. The van der Waals surface area contributed by atoms with Gasteiger partial charge >= 0.3 is 17.9 Å². The van der Waals surface area contributed by atoms with E-state index >= 15 is 0 Å². The summed E-state index contributed by atoms with van der Waals surface area (Å²) < 4.78 is 9.38. The van der Waals surface area contributed by atoms with Gasteiger partial charge in [0.05, 0.1) is 18.3 Å². The van der Waals surface area contributed by atoms with Gasteiger partial charge < -0.3 is 14.6 Å². The minimum absolute atomic E-state index is 0.0712. The highest BCUT2D eigenvalue weighted by Crippen LogP contribution is 2.52. The fourth-order valence-electron chi connectivity index (χ4n) is 3.21. The van der Waals surface area contributed by atoms with Gasteiger partial charge in [0.25, 0.3) is 0 Å². The first kappa shape index (κ1) is 10.7. The van der Waals surface area contributed by atoms with Crippen molar-refractivity contribution in [1.82, 2.24) is 0 Å². The molecular weight excluding hydrogens is 228 g/mol. The molecule has 6 heteroatoms. The highest BCUT2D eigenvalue weighted by atomic mass is 16.6. The molecule has 0 aromatic rings. The molecule has 3 unspecified atom stereocenters. The smallest absolute Gasteiger partial charge is 0.316 e. The molecule has 0 aromatic carbocycles. The van der Waals surface area contributed by atoms with Crippen molar-refractivity contribution in [2.24, 2.45) is 17.3 Å². The van der Waals surface area contributed by atoms with Gasteiger partial charge in [-0.3, -0.25) is 14.4 Å². The van der Waals surface area contributed by atoms with Crippen LogP contribution in [0.1, 0.15) is 25.7 Å². The number of aliphatic hydroxyl groups excluding tert-OH is 1. The molecular formula is C11H12O6. The number of hydrogen-bond acceptors (Lipinski definition) is 6. The van der Waals surface area contributed by atoms with E-state index < -0.39 is 41.4 Å². The van der Waals surface area contributed by atoms with Crippen molar-refractivity contribution < 1.29 is 29.0 Å². The van der Waals surface area contributed by atoms with Gasteiger partial charge in [0.15, 0.2) is 0 Å². The Hall–Kier alpha value is -1.43. The van der Waals surface area contributed by atoms with Gasteiger partial charge in [-0.25, -0.2) is 0 Å². The van der Waals surface area contributed by atoms with E-state index in [1.165, 1.54) is 0 Å². The number of rotatable bonds is 0. The first-order chi connectivity index (χ1) is 8.00. The Balaban J connectivity index is 1.92. The highest BCUT2D eigenvalue weighted by Gasteiger charge is 2.57. The third-order valence-electron chi connectivity index (χ3n) is 4.01. The summed E-state index contributed by atoms with van der Waals surface area (Å²) in [5.41, 5.74) is -0.778. The van der Waals surface area contributed by atoms with E-state index in [1.807, 2.05) is 0 Å². The Morgan fingerprint density at radius 3 is 2.18 bits per heavy atom. The second-order valence-electron chi connectivity index (χ2n) is 5.16. The second kappa shape index (κ2) is 3.29. The van der Waals surface area contributed by atoms with E-state index in [9.17, 15) is 19.5 Å². The standard InChI is InChI=1S/C11H12O6/c12-7-4-11(10(15)16-7)2-5-1-6(3-11)9(14)17-8(5)13/h5-6,10,15H,1-4H2. The first-order valence-corrected chi connectivity index (χ1v) is 5.63. The van der Waals surface area contributed by atoms with Crippen molar-refractivity contribution in [2.75, 3.05) is 0 Å². The molecule has 3 rings (SSSR count). The number of hydrogen-bond donors (Lipinski definition) is 1. The third kappa shape index (κ3) is 1.47. The van der Waals surface area contributed by atoms with Crippen molar-refractivity contribution >= 4 is 17.9 Å². The van der Waals surface area contributed by atoms with Crippen LogP contribution in [0.25, 0.3) is 0 Å². The van der Waals surface area contributed by atoms with Crippen LogP contribution in [0.15, 0.2) is 0 Å². The quantitative estimate of drug-likeness (QED) is 0.463. The van der Waals surface area contributed by atoms with Gasteiger partial charge in [0.1, 0.15) is 0 Å². The van der Waals surface area contributed by atoms with E-state index in [2.05, 4.69) is 4.74 Å². The van der Waals surface area contributed by atoms with Crippen molar-refractivity contribution in [1.29, 1.82) is 0 Å². The Kier molecular flexibility index (Phi) is 2.07. The van der Waals surface area contributed by atoms with E-state index in [1.54, 1.807) is 0 Å². The molecule has 0 amide bonds. The maximum absolute atomic E-state index is 11.5. The van der Waals surface area contributed by atoms with Gasteiger partial charge in [0, 0.05) is 5.41 Å². The lowest BCUT2D eigenvalue weighted by atomic mass is 9.63. The number of fused-ring (bicyclic) bond motifs is 2. The molecule has 6 nitrogen and oxygen atoms in total. The van der Waals surface area contributed by atoms with Crippen LogP contribution in [0.5, 0.6) is 0 Å². The molecule has 92 valence electrons. The minimum Gasteiger partial charge on any atom is -0.435 e. The Morgan fingerprint density at radius 2 is 1.71 bits per heavy atom. The Bertz CT molecular complexity index is 392. The molecule has 2 bridgehead atoms. The molecule has 3 fully saturated rings. The molecule has 2 aliphatic heterocycles. The molecule has 1 N–H and O–H groups in total. The monoisotopic (exact) mass is 240 g/mol. The first-order valence-electron chi connectivity index (χ1n) is 5.63. The van der Waals surface area contributed by atoms with Crippen molar-refractivity contribution in [3.8, 4) is 0 Å². The summed E-state index contributed by atoms with van der Waals surface area (Å²) in [6, 6.07) is 0. The normalized spacial score (nSPS) is 44.8. The van der Waals surface area contributed by atoms with E-state index in [0.717, 1.165) is 0 Å². The predicted molar refractivity (Wildman–Crippen MR) is 51.1 cm³/mol. The molecule has 2 saturated heterocycles.